The quantitative estimate of drug-likeness (QED) is 0.302. The van der Waals surface area contributed by atoms with Gasteiger partial charge < -0.3 is 20.4 Å². The number of nitrogens with two attached hydrogens (primary N) is 1. The van der Waals surface area contributed by atoms with Gasteiger partial charge in [0.1, 0.15) is 11.4 Å². The molecule has 2 atom stereocenters. The highest BCUT2D eigenvalue weighted by molar-refractivity contribution is 5.86. The molecule has 4 N–H and O–H groups in total. The van der Waals surface area contributed by atoms with Crippen LogP contribution in [-0.2, 0) is 12.7 Å². The molecule has 1 saturated carbocycles. The summed E-state index contributed by atoms with van der Waals surface area (Å²) in [7, 11) is 1.41. The maximum Gasteiger partial charge on any atom is 0.423 e. The van der Waals surface area contributed by atoms with E-state index in [1.54, 1.807) is 12.3 Å². The number of H-pyrrole nitrogens is 1. The number of aromatic nitrogens is 5. The van der Waals surface area contributed by atoms with E-state index in [-0.39, 0.29) is 46.0 Å². The number of nitrogen functional groups attached to an aromatic ring is 1. The molecule has 0 spiro atoms. The second kappa shape index (κ2) is 10.6. The minimum absolute atomic E-state index is 0.0366. The zero-order valence-electron chi connectivity index (χ0n) is 21.3. The minimum Gasteiger partial charge on any atom is -0.491 e. The van der Waals surface area contributed by atoms with Crippen LogP contribution in [0.15, 0.2) is 46.4 Å². The van der Waals surface area contributed by atoms with Crippen LogP contribution in [0.25, 0.3) is 22.2 Å². The highest BCUT2D eigenvalue weighted by Crippen LogP contribution is 2.34. The molecule has 0 unspecified atom stereocenters. The third kappa shape index (κ3) is 5.33. The molecule has 5 rings (SSSR count). The van der Waals surface area contributed by atoms with Gasteiger partial charge in [0.05, 0.1) is 36.1 Å². The van der Waals surface area contributed by atoms with Crippen LogP contribution in [0.4, 0.5) is 29.1 Å². The second-order valence-electron chi connectivity index (χ2n) is 9.70. The molecule has 4 aromatic rings. The van der Waals surface area contributed by atoms with Crippen LogP contribution in [-0.4, -0.2) is 37.9 Å². The lowest BCUT2D eigenvalue weighted by Gasteiger charge is -2.31. The summed E-state index contributed by atoms with van der Waals surface area (Å²) in [5.41, 5.74) is 2.49. The number of benzene rings is 1. The zero-order valence-corrected chi connectivity index (χ0v) is 21.3. The summed E-state index contributed by atoms with van der Waals surface area (Å²) in [4.78, 5) is 33.2. The number of hydrogen-bond acceptors (Lipinski definition) is 8. The van der Waals surface area contributed by atoms with E-state index in [1.165, 1.54) is 23.9 Å². The molecule has 10 nitrogen and oxygen atoms in total. The maximum atomic E-state index is 15.1. The monoisotopic (exact) mass is 559 g/mol. The lowest BCUT2D eigenvalue weighted by molar-refractivity contribution is -0.138. The van der Waals surface area contributed by atoms with Gasteiger partial charge in [-0.2, -0.15) is 18.3 Å². The van der Waals surface area contributed by atoms with Crippen LogP contribution in [0.3, 0.4) is 0 Å². The summed E-state index contributed by atoms with van der Waals surface area (Å²) in [6.07, 6.45) is 1.59. The summed E-state index contributed by atoms with van der Waals surface area (Å²) in [5, 5.41) is 8.80. The van der Waals surface area contributed by atoms with Crippen molar-refractivity contribution in [3.63, 3.8) is 0 Å². The standard InChI is InChI=1S/C26H25F4N7O3/c1-40-20-11-32-23(35-22(20)31)17-8-14-5-6-37(25(39)16(14)9-18(17)27)12-13-3-2-4-15(7-13)34-19-10-33-36-24(38)21(19)26(28,29)30/h5-6,8-11,13,15H,2-4,7,12H2,1H3,(H2,31,32,35)(H2,34,36,38)/t13-,15+/m1/s1. The lowest BCUT2D eigenvalue weighted by Crippen LogP contribution is -2.33. The van der Waals surface area contributed by atoms with Crippen molar-refractivity contribution in [3.05, 3.63) is 68.9 Å². The Morgan fingerprint density at radius 1 is 1.23 bits per heavy atom. The summed E-state index contributed by atoms with van der Waals surface area (Å²) in [6.45, 7) is 0.300. The predicted octanol–water partition coefficient (Wildman–Crippen LogP) is 3.96. The molecule has 1 aliphatic rings. The summed E-state index contributed by atoms with van der Waals surface area (Å²) in [6, 6.07) is 3.95. The Hall–Kier alpha value is -4.49. The Morgan fingerprint density at radius 3 is 2.75 bits per heavy atom. The molecule has 1 aromatic carbocycles. The number of pyridine rings is 1. The Kier molecular flexibility index (Phi) is 7.17. The molecular formula is C26H25F4N7O3. The van der Waals surface area contributed by atoms with E-state index in [9.17, 15) is 22.8 Å². The largest absolute Gasteiger partial charge is 0.491 e. The smallest absolute Gasteiger partial charge is 0.423 e. The van der Waals surface area contributed by atoms with E-state index < -0.39 is 28.7 Å². The Morgan fingerprint density at radius 2 is 2.02 bits per heavy atom. The van der Waals surface area contributed by atoms with E-state index in [4.69, 9.17) is 10.5 Å². The first-order valence-electron chi connectivity index (χ1n) is 12.5. The molecule has 3 heterocycles. The number of rotatable bonds is 6. The average molecular weight is 560 g/mol. The highest BCUT2D eigenvalue weighted by atomic mass is 19.4. The van der Waals surface area contributed by atoms with Crippen LogP contribution in [0, 0.1) is 11.7 Å². The Balaban J connectivity index is 1.36. The van der Waals surface area contributed by atoms with Crippen LogP contribution >= 0.6 is 0 Å². The Labute approximate surface area is 224 Å². The number of nitrogens with zero attached hydrogens (tertiary/aromatic N) is 4. The molecule has 0 radical (unpaired) electrons. The van der Waals surface area contributed by atoms with E-state index in [2.05, 4.69) is 20.4 Å². The van der Waals surface area contributed by atoms with Crippen molar-refractivity contribution >= 4 is 22.3 Å². The van der Waals surface area contributed by atoms with Crippen LogP contribution < -0.4 is 26.9 Å². The van der Waals surface area contributed by atoms with Gasteiger partial charge in [-0.15, -0.1) is 0 Å². The topological polar surface area (TPSA) is 141 Å². The number of anilines is 2. The fraction of sp³-hybridized carbons (Fsp3) is 0.346. The lowest BCUT2D eigenvalue weighted by atomic mass is 9.85. The number of aromatic amines is 1. The van der Waals surface area contributed by atoms with Crippen LogP contribution in [0.1, 0.15) is 31.2 Å². The number of nitrogens with one attached hydrogen (secondary N) is 2. The second-order valence-corrected chi connectivity index (χ2v) is 9.70. The van der Waals surface area contributed by atoms with Gasteiger partial charge in [0.15, 0.2) is 17.4 Å². The van der Waals surface area contributed by atoms with E-state index >= 15 is 4.39 Å². The first kappa shape index (κ1) is 27.1. The molecule has 14 heteroatoms. The van der Waals surface area contributed by atoms with E-state index in [1.807, 2.05) is 5.10 Å². The van der Waals surface area contributed by atoms with Gasteiger partial charge in [0.2, 0.25) is 0 Å². The molecule has 40 heavy (non-hydrogen) atoms. The molecule has 0 saturated heterocycles. The SMILES string of the molecule is COc1cnc(-c2cc3ccn(C[C@@H]4CCC[C@H](Nc5cn[nH]c(=O)c5C(F)(F)F)C4)c(=O)c3cc2F)nc1N. The summed E-state index contributed by atoms with van der Waals surface area (Å²) >= 11 is 0. The third-order valence-electron chi connectivity index (χ3n) is 7.05. The minimum atomic E-state index is -4.84. The van der Waals surface area contributed by atoms with Crippen molar-refractivity contribution in [1.82, 2.24) is 24.7 Å². The molecule has 0 aliphatic heterocycles. The van der Waals surface area contributed by atoms with Crippen LogP contribution in [0.2, 0.25) is 0 Å². The van der Waals surface area contributed by atoms with E-state index in [0.29, 0.717) is 31.2 Å². The zero-order chi connectivity index (χ0) is 28.6. The third-order valence-corrected chi connectivity index (χ3v) is 7.05. The first-order chi connectivity index (χ1) is 19.0. The van der Waals surface area contributed by atoms with Crippen molar-refractivity contribution in [3.8, 4) is 17.1 Å². The van der Waals surface area contributed by atoms with Crippen LogP contribution in [0.5, 0.6) is 5.75 Å². The molecule has 0 bridgehead atoms. The molecular weight excluding hydrogens is 534 g/mol. The molecule has 3 aromatic heterocycles. The molecule has 210 valence electrons. The van der Waals surface area contributed by atoms with Crippen molar-refractivity contribution in [2.45, 2.75) is 44.4 Å². The average Bonchev–Trinajstić information content (AvgIpc) is 2.90. The fourth-order valence-electron chi connectivity index (χ4n) is 5.17. The van der Waals surface area contributed by atoms with Crippen molar-refractivity contribution in [2.24, 2.45) is 5.92 Å². The first-order valence-corrected chi connectivity index (χ1v) is 12.5. The maximum absolute atomic E-state index is 15.1. The van der Waals surface area contributed by atoms with E-state index in [0.717, 1.165) is 18.7 Å². The van der Waals surface area contributed by atoms with Crippen molar-refractivity contribution in [2.75, 3.05) is 18.2 Å². The van der Waals surface area contributed by atoms with Gasteiger partial charge in [-0.05, 0) is 48.8 Å². The molecule has 0 amide bonds. The number of methoxy groups -OCH3 is 1. The summed E-state index contributed by atoms with van der Waals surface area (Å²) < 4.78 is 61.9. The summed E-state index contributed by atoms with van der Waals surface area (Å²) in [5.74, 6) is -0.381. The predicted molar refractivity (Wildman–Crippen MR) is 139 cm³/mol. The number of halogens is 4. The van der Waals surface area contributed by atoms with Gasteiger partial charge in [-0.1, -0.05) is 6.42 Å². The normalized spacial score (nSPS) is 17.6. The molecule has 1 fully saturated rings. The fourth-order valence-corrected chi connectivity index (χ4v) is 5.17. The van der Waals surface area contributed by atoms with Gasteiger partial charge in [-0.25, -0.2) is 19.5 Å². The van der Waals surface area contributed by atoms with Crippen molar-refractivity contribution < 1.29 is 22.3 Å². The Bertz CT molecular complexity index is 1690. The number of alkyl halides is 3. The number of fused-ring (bicyclic) bond motifs is 1. The van der Waals surface area contributed by atoms with Gasteiger partial charge in [0.25, 0.3) is 11.1 Å². The van der Waals surface area contributed by atoms with Gasteiger partial charge in [-0.3, -0.25) is 9.59 Å². The highest BCUT2D eigenvalue weighted by Gasteiger charge is 2.38. The number of ether oxygens (including phenoxy) is 1. The number of hydrogen-bond donors (Lipinski definition) is 3. The van der Waals surface area contributed by atoms with Crippen molar-refractivity contribution in [1.29, 1.82) is 0 Å². The van der Waals surface area contributed by atoms with Gasteiger partial charge >= 0.3 is 6.18 Å². The van der Waals surface area contributed by atoms with Gasteiger partial charge in [0, 0.05) is 18.8 Å². The molecule has 1 aliphatic carbocycles.